The molecule has 0 aliphatic rings. The number of allylic oxidation sites excluding steroid dienone is 2. The Labute approximate surface area is 281 Å². The molecule has 264 valence electrons. The second-order valence-electron chi connectivity index (χ2n) is 14.5. The first-order valence-electron chi connectivity index (χ1n) is 21.2. The van der Waals surface area contributed by atoms with Gasteiger partial charge in [0.25, 0.3) is 0 Å². The number of unbranched alkanes of at least 4 members (excludes halogenated alkanes) is 31. The van der Waals surface area contributed by atoms with E-state index in [1.54, 1.807) is 0 Å². The maximum Gasteiger partial charge on any atom is -0.00187 e. The van der Waals surface area contributed by atoms with Crippen molar-refractivity contribution in [2.75, 3.05) is 19.6 Å². The molecule has 0 saturated heterocycles. The number of hydrogen-bond donors (Lipinski definition) is 0. The highest BCUT2D eigenvalue weighted by Gasteiger charge is 2.05. The molecule has 0 bridgehead atoms. The maximum atomic E-state index is 2.85. The summed E-state index contributed by atoms with van der Waals surface area (Å²) in [4.78, 5) is 2.85. The summed E-state index contributed by atoms with van der Waals surface area (Å²) in [6.07, 6.45) is 55.1. The fourth-order valence-corrected chi connectivity index (χ4v) is 6.74. The summed E-state index contributed by atoms with van der Waals surface area (Å²) < 4.78 is 0. The van der Waals surface area contributed by atoms with E-state index in [0.29, 0.717) is 0 Å². The lowest BCUT2D eigenvalue weighted by molar-refractivity contribution is 0.254. The highest BCUT2D eigenvalue weighted by atomic mass is 15.1. The highest BCUT2D eigenvalue weighted by molar-refractivity contribution is 4.81. The van der Waals surface area contributed by atoms with E-state index in [1.807, 2.05) is 0 Å². The van der Waals surface area contributed by atoms with E-state index in [1.165, 1.54) is 244 Å². The van der Waals surface area contributed by atoms with Crippen molar-refractivity contribution in [2.45, 2.75) is 245 Å². The molecule has 0 unspecified atom stereocenters. The smallest absolute Gasteiger partial charge is 0.00187 e. The zero-order valence-corrected chi connectivity index (χ0v) is 31.5. The van der Waals surface area contributed by atoms with Crippen molar-refractivity contribution in [2.24, 2.45) is 0 Å². The van der Waals surface area contributed by atoms with Gasteiger partial charge in [0.2, 0.25) is 0 Å². The van der Waals surface area contributed by atoms with Crippen LogP contribution >= 0.6 is 0 Å². The normalized spacial score (nSPS) is 11.9. The molecule has 0 aromatic heterocycles. The summed E-state index contributed by atoms with van der Waals surface area (Å²) in [7, 11) is 0. The summed E-state index contributed by atoms with van der Waals surface area (Å²) in [5.41, 5.74) is 0. The Kier molecular flexibility index (Phi) is 40.4. The van der Waals surface area contributed by atoms with Gasteiger partial charge in [-0.15, -0.1) is 0 Å². The molecule has 0 heterocycles. The lowest BCUT2D eigenvalue weighted by Crippen LogP contribution is -2.27. The van der Waals surface area contributed by atoms with Crippen LogP contribution in [0.4, 0.5) is 0 Å². The van der Waals surface area contributed by atoms with E-state index in [9.17, 15) is 0 Å². The van der Waals surface area contributed by atoms with Crippen LogP contribution in [0, 0.1) is 0 Å². The summed E-state index contributed by atoms with van der Waals surface area (Å²) >= 11 is 0. The molecule has 0 spiro atoms. The molecule has 0 saturated carbocycles. The molecule has 0 amide bonds. The molecule has 1 nitrogen and oxygen atoms in total. The molecule has 0 fully saturated rings. The van der Waals surface area contributed by atoms with Crippen molar-refractivity contribution in [3.8, 4) is 0 Å². The predicted molar refractivity (Wildman–Crippen MR) is 204 cm³/mol. The standard InChI is InChI=1S/C43H87N/c1-4-7-10-13-16-19-21-23-24-25-26-28-31-34-37-40-43-44(41-38-35-32-29-18-15-12-9-6-3)42-39-36-33-30-27-22-20-17-14-11-8-5-2/h23-24H,4-22,25-43H2,1-3H3/b24-23-. The third-order valence-electron chi connectivity index (χ3n) is 9.89. The Morgan fingerprint density at radius 3 is 0.705 bits per heavy atom. The second-order valence-corrected chi connectivity index (χ2v) is 14.5. The van der Waals surface area contributed by atoms with Crippen LogP contribution in [0.25, 0.3) is 0 Å². The van der Waals surface area contributed by atoms with Gasteiger partial charge in [0.15, 0.2) is 0 Å². The average molecular weight is 618 g/mol. The Morgan fingerprint density at radius 1 is 0.250 bits per heavy atom. The summed E-state index contributed by atoms with van der Waals surface area (Å²) in [5, 5.41) is 0. The monoisotopic (exact) mass is 618 g/mol. The van der Waals surface area contributed by atoms with E-state index in [0.717, 1.165) is 0 Å². The molecule has 0 atom stereocenters. The van der Waals surface area contributed by atoms with E-state index < -0.39 is 0 Å². The van der Waals surface area contributed by atoms with Crippen LogP contribution in [0.15, 0.2) is 12.2 Å². The van der Waals surface area contributed by atoms with E-state index in [4.69, 9.17) is 0 Å². The number of hydrogen-bond acceptors (Lipinski definition) is 1. The van der Waals surface area contributed by atoms with Gasteiger partial charge in [0, 0.05) is 0 Å². The molecule has 0 aromatic rings. The molecule has 0 radical (unpaired) electrons. The predicted octanol–water partition coefficient (Wildman–Crippen LogP) is 15.6. The number of rotatable bonds is 39. The largest absolute Gasteiger partial charge is 0.303 e. The van der Waals surface area contributed by atoms with Crippen molar-refractivity contribution < 1.29 is 0 Å². The van der Waals surface area contributed by atoms with Gasteiger partial charge >= 0.3 is 0 Å². The zero-order valence-electron chi connectivity index (χ0n) is 31.5. The second kappa shape index (κ2) is 40.7. The molecular weight excluding hydrogens is 530 g/mol. The van der Waals surface area contributed by atoms with Gasteiger partial charge in [0.1, 0.15) is 0 Å². The Hall–Kier alpha value is -0.300. The quantitative estimate of drug-likeness (QED) is 0.0490. The number of nitrogens with zero attached hydrogens (tertiary/aromatic N) is 1. The SMILES string of the molecule is CCCCCCCC/C=C\CCCCCCCCN(CCCCCCCCCCC)CCCCCCCCCCCCCC. The van der Waals surface area contributed by atoms with Crippen LogP contribution in [0.2, 0.25) is 0 Å². The minimum Gasteiger partial charge on any atom is -0.303 e. The summed E-state index contributed by atoms with van der Waals surface area (Å²) in [5.74, 6) is 0. The molecule has 0 aromatic carbocycles. The first-order valence-corrected chi connectivity index (χ1v) is 21.2. The Balaban J connectivity index is 3.89. The third-order valence-corrected chi connectivity index (χ3v) is 9.89. The maximum absolute atomic E-state index is 2.85. The summed E-state index contributed by atoms with van der Waals surface area (Å²) in [6, 6.07) is 0. The fourth-order valence-electron chi connectivity index (χ4n) is 6.74. The van der Waals surface area contributed by atoms with Crippen molar-refractivity contribution >= 4 is 0 Å². The van der Waals surface area contributed by atoms with E-state index in [2.05, 4.69) is 37.8 Å². The Bertz CT molecular complexity index is 511. The average Bonchev–Trinajstić information content (AvgIpc) is 3.03. The van der Waals surface area contributed by atoms with Gasteiger partial charge in [-0.1, -0.05) is 213 Å². The molecule has 44 heavy (non-hydrogen) atoms. The topological polar surface area (TPSA) is 3.24 Å². The van der Waals surface area contributed by atoms with E-state index >= 15 is 0 Å². The third kappa shape index (κ3) is 37.9. The summed E-state index contributed by atoms with van der Waals surface area (Å²) in [6.45, 7) is 11.0. The Morgan fingerprint density at radius 2 is 0.455 bits per heavy atom. The minimum atomic E-state index is 1.31. The molecular formula is C43H87N. The fraction of sp³-hybridized carbons (Fsp3) is 0.953. The van der Waals surface area contributed by atoms with Crippen LogP contribution in [0.1, 0.15) is 245 Å². The van der Waals surface area contributed by atoms with Crippen LogP contribution in [-0.4, -0.2) is 24.5 Å². The van der Waals surface area contributed by atoms with Crippen molar-refractivity contribution in [1.82, 2.24) is 4.90 Å². The minimum absolute atomic E-state index is 1.31. The van der Waals surface area contributed by atoms with Gasteiger partial charge in [-0.05, 0) is 64.6 Å². The van der Waals surface area contributed by atoms with Crippen molar-refractivity contribution in [1.29, 1.82) is 0 Å². The lowest BCUT2D eigenvalue weighted by Gasteiger charge is -2.22. The van der Waals surface area contributed by atoms with Gasteiger partial charge < -0.3 is 4.90 Å². The first kappa shape index (κ1) is 43.7. The van der Waals surface area contributed by atoms with Gasteiger partial charge in [-0.2, -0.15) is 0 Å². The molecule has 0 aliphatic carbocycles. The van der Waals surface area contributed by atoms with Gasteiger partial charge in [-0.25, -0.2) is 0 Å². The first-order chi connectivity index (χ1) is 21.8. The van der Waals surface area contributed by atoms with Gasteiger partial charge in [-0.3, -0.25) is 0 Å². The van der Waals surface area contributed by atoms with Crippen molar-refractivity contribution in [3.05, 3.63) is 12.2 Å². The van der Waals surface area contributed by atoms with E-state index in [-0.39, 0.29) is 0 Å². The van der Waals surface area contributed by atoms with Crippen LogP contribution < -0.4 is 0 Å². The van der Waals surface area contributed by atoms with Gasteiger partial charge in [0.05, 0.1) is 0 Å². The molecule has 0 aliphatic heterocycles. The van der Waals surface area contributed by atoms with Crippen LogP contribution in [-0.2, 0) is 0 Å². The highest BCUT2D eigenvalue weighted by Crippen LogP contribution is 2.15. The van der Waals surface area contributed by atoms with Crippen LogP contribution in [0.5, 0.6) is 0 Å². The van der Waals surface area contributed by atoms with Crippen LogP contribution in [0.3, 0.4) is 0 Å². The lowest BCUT2D eigenvalue weighted by atomic mass is 10.0. The molecule has 0 rings (SSSR count). The van der Waals surface area contributed by atoms with Crippen molar-refractivity contribution in [3.63, 3.8) is 0 Å². The zero-order chi connectivity index (χ0) is 31.9. The molecule has 0 N–H and O–H groups in total. The molecule has 1 heteroatoms.